The maximum atomic E-state index is 10.6. The molecule has 4 nitrogen and oxygen atoms in total. The van der Waals surface area contributed by atoms with Crippen LogP contribution in [0.15, 0.2) is 36.4 Å². The fourth-order valence-corrected chi connectivity index (χ4v) is 1.65. The molecule has 1 aliphatic heterocycles. The molecule has 0 radical (unpaired) electrons. The number of carboxylic acid groups (broad SMARTS) is 1. The Morgan fingerprint density at radius 1 is 1.56 bits per heavy atom. The molecular formula is C12H13NO3. The molecule has 0 saturated carbocycles. The summed E-state index contributed by atoms with van der Waals surface area (Å²) in [5.41, 5.74) is 1.23. The molecule has 1 aromatic carbocycles. The van der Waals surface area contributed by atoms with E-state index in [2.05, 4.69) is 11.9 Å². The highest BCUT2D eigenvalue weighted by atomic mass is 16.5. The number of hydrogen-bond donors (Lipinski definition) is 2. The number of carbonyl (C=O) groups is 1. The van der Waals surface area contributed by atoms with Crippen molar-refractivity contribution >= 4 is 5.97 Å². The molecule has 0 bridgehead atoms. The van der Waals surface area contributed by atoms with Crippen LogP contribution in [-0.2, 0) is 4.79 Å². The minimum absolute atomic E-state index is 0.0484. The lowest BCUT2D eigenvalue weighted by Gasteiger charge is -2.11. The van der Waals surface area contributed by atoms with E-state index in [9.17, 15) is 4.79 Å². The molecule has 1 aliphatic rings. The molecular weight excluding hydrogens is 206 g/mol. The van der Waals surface area contributed by atoms with Crippen LogP contribution in [-0.4, -0.2) is 24.2 Å². The summed E-state index contributed by atoms with van der Waals surface area (Å²) in [5, 5.41) is 11.8. The number of para-hydroxylation sites is 1. The first-order valence-electron chi connectivity index (χ1n) is 5.04. The predicted octanol–water partition coefficient (Wildman–Crippen LogP) is 1.35. The van der Waals surface area contributed by atoms with Crippen LogP contribution in [0.3, 0.4) is 0 Å². The van der Waals surface area contributed by atoms with Gasteiger partial charge in [0.15, 0.2) is 0 Å². The molecule has 0 amide bonds. The van der Waals surface area contributed by atoms with Crippen molar-refractivity contribution in [2.75, 3.05) is 13.2 Å². The van der Waals surface area contributed by atoms with E-state index in [1.54, 1.807) is 0 Å². The molecule has 2 N–H and O–H groups in total. The van der Waals surface area contributed by atoms with Crippen LogP contribution in [0.25, 0.3) is 0 Å². The van der Waals surface area contributed by atoms with Gasteiger partial charge in [-0.25, -0.2) is 4.79 Å². The van der Waals surface area contributed by atoms with Gasteiger partial charge in [-0.3, -0.25) is 0 Å². The summed E-state index contributed by atoms with van der Waals surface area (Å²) in [5.74, 6) is -0.111. The third kappa shape index (κ3) is 2.06. The van der Waals surface area contributed by atoms with Gasteiger partial charge in [0, 0.05) is 17.7 Å². The fourth-order valence-electron chi connectivity index (χ4n) is 1.65. The third-order valence-corrected chi connectivity index (χ3v) is 2.56. The average molecular weight is 219 g/mol. The van der Waals surface area contributed by atoms with Gasteiger partial charge in [-0.15, -0.1) is 0 Å². The van der Waals surface area contributed by atoms with Crippen LogP contribution < -0.4 is 10.1 Å². The molecule has 1 atom stereocenters. The van der Waals surface area contributed by atoms with Gasteiger partial charge in [0.25, 0.3) is 0 Å². The summed E-state index contributed by atoms with van der Waals surface area (Å²) < 4.78 is 5.46. The highest BCUT2D eigenvalue weighted by molar-refractivity contribution is 5.86. The van der Waals surface area contributed by atoms with Crippen LogP contribution in [0.4, 0.5) is 0 Å². The molecule has 2 rings (SSSR count). The van der Waals surface area contributed by atoms with Crippen LogP contribution in [0, 0.1) is 0 Å². The van der Waals surface area contributed by atoms with Crippen molar-refractivity contribution in [3.05, 3.63) is 42.0 Å². The first kappa shape index (κ1) is 10.7. The normalized spacial score (nSPS) is 17.6. The van der Waals surface area contributed by atoms with Crippen molar-refractivity contribution in [1.29, 1.82) is 0 Å². The van der Waals surface area contributed by atoms with Gasteiger partial charge in [0.05, 0.1) is 6.04 Å². The van der Waals surface area contributed by atoms with Gasteiger partial charge in [-0.05, 0) is 6.07 Å². The maximum absolute atomic E-state index is 10.6. The third-order valence-electron chi connectivity index (χ3n) is 2.56. The van der Waals surface area contributed by atoms with E-state index < -0.39 is 5.97 Å². The SMILES string of the molecule is C=C(CNC1COc2ccccc21)C(=O)O. The zero-order valence-corrected chi connectivity index (χ0v) is 8.77. The quantitative estimate of drug-likeness (QED) is 0.750. The molecule has 0 spiro atoms. The topological polar surface area (TPSA) is 58.6 Å². The van der Waals surface area contributed by atoms with Crippen LogP contribution in [0.5, 0.6) is 5.75 Å². The van der Waals surface area contributed by atoms with E-state index in [0.717, 1.165) is 11.3 Å². The molecule has 84 valence electrons. The minimum Gasteiger partial charge on any atom is -0.491 e. The lowest BCUT2D eigenvalue weighted by atomic mass is 10.1. The Morgan fingerprint density at radius 3 is 3.06 bits per heavy atom. The Bertz CT molecular complexity index is 428. The molecule has 1 heterocycles. The highest BCUT2D eigenvalue weighted by Gasteiger charge is 2.23. The number of ether oxygens (including phenoxy) is 1. The smallest absolute Gasteiger partial charge is 0.332 e. The highest BCUT2D eigenvalue weighted by Crippen LogP contribution is 2.31. The van der Waals surface area contributed by atoms with Crippen LogP contribution in [0.1, 0.15) is 11.6 Å². The van der Waals surface area contributed by atoms with Crippen molar-refractivity contribution in [2.45, 2.75) is 6.04 Å². The number of nitrogens with one attached hydrogen (secondary N) is 1. The van der Waals surface area contributed by atoms with Gasteiger partial charge < -0.3 is 15.2 Å². The first-order chi connectivity index (χ1) is 7.68. The fraction of sp³-hybridized carbons (Fsp3) is 0.250. The second-order valence-corrected chi connectivity index (χ2v) is 3.69. The average Bonchev–Trinajstić information content (AvgIpc) is 2.69. The number of hydrogen-bond acceptors (Lipinski definition) is 3. The molecule has 0 fully saturated rings. The Hall–Kier alpha value is -1.81. The Kier molecular flexibility index (Phi) is 2.92. The number of aliphatic carboxylic acids is 1. The summed E-state index contributed by atoms with van der Waals surface area (Å²) in [6.45, 7) is 4.26. The number of rotatable bonds is 4. The molecule has 1 aromatic rings. The first-order valence-corrected chi connectivity index (χ1v) is 5.04. The second kappa shape index (κ2) is 4.37. The largest absolute Gasteiger partial charge is 0.491 e. The number of carboxylic acids is 1. The summed E-state index contributed by atoms with van der Waals surface area (Å²) in [6.07, 6.45) is 0. The van der Waals surface area contributed by atoms with Gasteiger partial charge in [0.2, 0.25) is 0 Å². The zero-order valence-electron chi connectivity index (χ0n) is 8.77. The number of benzene rings is 1. The summed E-state index contributed by atoms with van der Waals surface area (Å²) in [7, 11) is 0. The minimum atomic E-state index is -0.972. The lowest BCUT2D eigenvalue weighted by Crippen LogP contribution is -2.26. The van der Waals surface area contributed by atoms with Gasteiger partial charge in [-0.2, -0.15) is 0 Å². The van der Waals surface area contributed by atoms with E-state index in [0.29, 0.717) is 6.61 Å². The van der Waals surface area contributed by atoms with Crippen molar-refractivity contribution in [3.8, 4) is 5.75 Å². The number of fused-ring (bicyclic) bond motifs is 1. The molecule has 0 aliphatic carbocycles. The summed E-state index contributed by atoms with van der Waals surface area (Å²) in [4.78, 5) is 10.6. The monoisotopic (exact) mass is 219 g/mol. The van der Waals surface area contributed by atoms with Gasteiger partial charge in [0.1, 0.15) is 12.4 Å². The summed E-state index contributed by atoms with van der Waals surface area (Å²) in [6, 6.07) is 7.78. The van der Waals surface area contributed by atoms with Crippen LogP contribution in [0.2, 0.25) is 0 Å². The maximum Gasteiger partial charge on any atom is 0.332 e. The molecule has 1 unspecified atom stereocenters. The van der Waals surface area contributed by atoms with E-state index in [-0.39, 0.29) is 18.2 Å². The van der Waals surface area contributed by atoms with Crippen molar-refractivity contribution in [2.24, 2.45) is 0 Å². The van der Waals surface area contributed by atoms with E-state index in [1.165, 1.54) is 0 Å². The second-order valence-electron chi connectivity index (χ2n) is 3.69. The van der Waals surface area contributed by atoms with Crippen molar-refractivity contribution in [1.82, 2.24) is 5.32 Å². The van der Waals surface area contributed by atoms with Crippen molar-refractivity contribution < 1.29 is 14.6 Å². The summed E-state index contributed by atoms with van der Waals surface area (Å²) >= 11 is 0. The van der Waals surface area contributed by atoms with Crippen LogP contribution >= 0.6 is 0 Å². The van der Waals surface area contributed by atoms with Gasteiger partial charge >= 0.3 is 5.97 Å². The zero-order chi connectivity index (χ0) is 11.5. The molecule has 16 heavy (non-hydrogen) atoms. The van der Waals surface area contributed by atoms with E-state index in [4.69, 9.17) is 9.84 Å². The Morgan fingerprint density at radius 2 is 2.31 bits per heavy atom. The Balaban J connectivity index is 1.99. The molecule has 0 aromatic heterocycles. The van der Waals surface area contributed by atoms with Crippen molar-refractivity contribution in [3.63, 3.8) is 0 Å². The molecule has 0 saturated heterocycles. The standard InChI is InChI=1S/C12H13NO3/c1-8(12(14)15)6-13-10-7-16-11-5-3-2-4-9(10)11/h2-5,10,13H,1,6-7H2,(H,14,15). The Labute approximate surface area is 93.5 Å². The molecule has 4 heteroatoms. The van der Waals surface area contributed by atoms with E-state index in [1.807, 2.05) is 24.3 Å². The van der Waals surface area contributed by atoms with E-state index >= 15 is 0 Å². The van der Waals surface area contributed by atoms with Gasteiger partial charge in [-0.1, -0.05) is 24.8 Å². The lowest BCUT2D eigenvalue weighted by molar-refractivity contribution is -0.132. The predicted molar refractivity (Wildman–Crippen MR) is 59.5 cm³/mol.